The van der Waals surface area contributed by atoms with Crippen molar-refractivity contribution < 1.29 is 9.59 Å². The number of nitrogens with zero attached hydrogens (tertiary/aromatic N) is 2. The van der Waals surface area contributed by atoms with Gasteiger partial charge in [-0.3, -0.25) is 14.5 Å². The Morgan fingerprint density at radius 3 is 2.88 bits per heavy atom. The smallest absolute Gasteiger partial charge is 0.270 e. The third kappa shape index (κ3) is 5.37. The van der Waals surface area contributed by atoms with Crippen molar-refractivity contribution in [2.24, 2.45) is 5.92 Å². The van der Waals surface area contributed by atoms with E-state index in [0.717, 1.165) is 32.5 Å². The molecule has 0 saturated carbocycles. The van der Waals surface area contributed by atoms with Crippen LogP contribution in [0.1, 0.15) is 35.8 Å². The molecule has 0 aliphatic carbocycles. The molecule has 0 unspecified atom stereocenters. The Morgan fingerprint density at radius 2 is 2.12 bits per heavy atom. The molecule has 1 aliphatic rings. The summed E-state index contributed by atoms with van der Waals surface area (Å²) in [5.41, 5.74) is 1.68. The van der Waals surface area contributed by atoms with Gasteiger partial charge in [0, 0.05) is 31.9 Å². The molecule has 1 saturated heterocycles. The minimum absolute atomic E-state index is 0.182. The molecule has 1 fully saturated rings. The maximum absolute atomic E-state index is 12.3. The fraction of sp³-hybridized carbons (Fsp3) is 0.421. The van der Waals surface area contributed by atoms with Crippen LogP contribution in [0.15, 0.2) is 35.7 Å². The molecule has 7 heteroatoms. The standard InChI is InChI=1S/C19H24N4O2S/c1-14(24)21-19-22-17(13-26-19)18(25)20-10-16-8-5-9-23(12-16)11-15-6-3-2-4-7-15/h2-4,6-7,13,16H,5,8-12H2,1H3,(H,20,25)(H,21,22,24)/t16-/m1/s1. The summed E-state index contributed by atoms with van der Waals surface area (Å²) in [5.74, 6) is 0.0786. The van der Waals surface area contributed by atoms with Gasteiger partial charge in [-0.2, -0.15) is 0 Å². The van der Waals surface area contributed by atoms with E-state index in [1.807, 2.05) is 6.07 Å². The molecule has 2 amide bonds. The maximum atomic E-state index is 12.3. The second-order valence-corrected chi connectivity index (χ2v) is 7.52. The highest BCUT2D eigenvalue weighted by atomic mass is 32.1. The van der Waals surface area contributed by atoms with E-state index in [1.165, 1.54) is 23.8 Å². The molecule has 138 valence electrons. The van der Waals surface area contributed by atoms with Gasteiger partial charge in [0.15, 0.2) is 5.13 Å². The normalized spacial score (nSPS) is 17.7. The first kappa shape index (κ1) is 18.5. The predicted octanol–water partition coefficient (Wildman–Crippen LogP) is 2.74. The summed E-state index contributed by atoms with van der Waals surface area (Å²) in [4.78, 5) is 29.9. The van der Waals surface area contributed by atoms with Gasteiger partial charge in [0.25, 0.3) is 5.91 Å². The van der Waals surface area contributed by atoms with Crippen LogP contribution in [0.3, 0.4) is 0 Å². The number of carbonyl (C=O) groups is 2. The fourth-order valence-electron chi connectivity index (χ4n) is 3.22. The van der Waals surface area contributed by atoms with Crippen LogP contribution in [-0.2, 0) is 11.3 Å². The number of thiazole rings is 1. The Hall–Kier alpha value is -2.25. The molecular weight excluding hydrogens is 348 g/mol. The number of nitrogens with one attached hydrogen (secondary N) is 2. The number of anilines is 1. The summed E-state index contributed by atoms with van der Waals surface area (Å²) in [6, 6.07) is 10.5. The number of piperidine rings is 1. The van der Waals surface area contributed by atoms with Gasteiger partial charge in [-0.15, -0.1) is 11.3 Å². The van der Waals surface area contributed by atoms with Crippen LogP contribution in [0.2, 0.25) is 0 Å². The van der Waals surface area contributed by atoms with Crippen LogP contribution in [0, 0.1) is 5.92 Å². The van der Waals surface area contributed by atoms with Crippen molar-refractivity contribution in [3.63, 3.8) is 0 Å². The minimum Gasteiger partial charge on any atom is -0.350 e. The lowest BCUT2D eigenvalue weighted by molar-refractivity contribution is -0.114. The molecule has 2 N–H and O–H groups in total. The third-order valence-corrected chi connectivity index (χ3v) is 5.18. The number of likely N-dealkylation sites (tertiary alicyclic amines) is 1. The Kier molecular flexibility index (Phi) is 6.35. The van der Waals surface area contributed by atoms with Crippen molar-refractivity contribution in [2.45, 2.75) is 26.3 Å². The second kappa shape index (κ2) is 8.91. The molecule has 6 nitrogen and oxygen atoms in total. The number of hydrogen-bond donors (Lipinski definition) is 2. The van der Waals surface area contributed by atoms with Crippen LogP contribution >= 0.6 is 11.3 Å². The van der Waals surface area contributed by atoms with Crippen molar-refractivity contribution in [3.05, 3.63) is 47.0 Å². The first-order chi connectivity index (χ1) is 12.6. The zero-order chi connectivity index (χ0) is 18.4. The van der Waals surface area contributed by atoms with Gasteiger partial charge < -0.3 is 10.6 Å². The molecule has 0 spiro atoms. The summed E-state index contributed by atoms with van der Waals surface area (Å²) in [7, 11) is 0. The number of rotatable bonds is 6. The monoisotopic (exact) mass is 372 g/mol. The van der Waals surface area contributed by atoms with Gasteiger partial charge in [0.05, 0.1) is 0 Å². The largest absolute Gasteiger partial charge is 0.350 e. The number of benzene rings is 1. The van der Waals surface area contributed by atoms with Crippen LogP contribution in [-0.4, -0.2) is 41.3 Å². The number of aromatic nitrogens is 1. The summed E-state index contributed by atoms with van der Waals surface area (Å²) >= 11 is 1.26. The average molecular weight is 372 g/mol. The second-order valence-electron chi connectivity index (χ2n) is 6.66. The van der Waals surface area contributed by atoms with Crippen LogP contribution in [0.5, 0.6) is 0 Å². The molecule has 1 aromatic heterocycles. The molecule has 26 heavy (non-hydrogen) atoms. The van der Waals surface area contributed by atoms with E-state index in [0.29, 0.717) is 23.3 Å². The Balaban J connectivity index is 1.47. The van der Waals surface area contributed by atoms with Crippen LogP contribution in [0.25, 0.3) is 0 Å². The molecule has 0 radical (unpaired) electrons. The first-order valence-corrected chi connectivity index (χ1v) is 9.75. The van der Waals surface area contributed by atoms with E-state index in [2.05, 4.69) is 44.8 Å². The Labute approximate surface area is 157 Å². The molecule has 3 rings (SSSR count). The van der Waals surface area contributed by atoms with Crippen LogP contribution < -0.4 is 10.6 Å². The number of hydrogen-bond acceptors (Lipinski definition) is 5. The summed E-state index contributed by atoms with van der Waals surface area (Å²) < 4.78 is 0. The summed E-state index contributed by atoms with van der Waals surface area (Å²) in [5, 5.41) is 7.70. The highest BCUT2D eigenvalue weighted by molar-refractivity contribution is 7.14. The molecule has 1 atom stereocenters. The lowest BCUT2D eigenvalue weighted by atomic mass is 9.97. The van der Waals surface area contributed by atoms with Crippen molar-refractivity contribution >= 4 is 28.3 Å². The summed E-state index contributed by atoms with van der Waals surface area (Å²) in [6.07, 6.45) is 2.27. The van der Waals surface area contributed by atoms with Gasteiger partial charge in [-0.05, 0) is 30.9 Å². The molecular formula is C19H24N4O2S. The van der Waals surface area contributed by atoms with Gasteiger partial charge in [-0.25, -0.2) is 4.98 Å². The lowest BCUT2D eigenvalue weighted by Gasteiger charge is -2.32. The van der Waals surface area contributed by atoms with E-state index in [1.54, 1.807) is 5.38 Å². The SMILES string of the molecule is CC(=O)Nc1nc(C(=O)NC[C@H]2CCCN(Cc3ccccc3)C2)cs1. The predicted molar refractivity (Wildman–Crippen MR) is 103 cm³/mol. The van der Waals surface area contributed by atoms with Crippen LogP contribution in [0.4, 0.5) is 5.13 Å². The Bertz CT molecular complexity index is 747. The minimum atomic E-state index is -0.188. The van der Waals surface area contributed by atoms with Crippen molar-refractivity contribution in [1.29, 1.82) is 0 Å². The van der Waals surface area contributed by atoms with Gasteiger partial charge in [0.2, 0.25) is 5.91 Å². The lowest BCUT2D eigenvalue weighted by Crippen LogP contribution is -2.40. The number of carbonyl (C=O) groups excluding carboxylic acids is 2. The number of amides is 2. The van der Waals surface area contributed by atoms with Gasteiger partial charge in [0.1, 0.15) is 5.69 Å². The van der Waals surface area contributed by atoms with Crippen molar-refractivity contribution in [2.75, 3.05) is 25.0 Å². The van der Waals surface area contributed by atoms with E-state index in [-0.39, 0.29) is 11.8 Å². The van der Waals surface area contributed by atoms with Crippen molar-refractivity contribution in [1.82, 2.24) is 15.2 Å². The summed E-state index contributed by atoms with van der Waals surface area (Å²) in [6.45, 7) is 5.12. The molecule has 0 bridgehead atoms. The molecule has 1 aromatic carbocycles. The maximum Gasteiger partial charge on any atom is 0.270 e. The average Bonchev–Trinajstić information content (AvgIpc) is 3.09. The quantitative estimate of drug-likeness (QED) is 0.818. The molecule has 2 heterocycles. The Morgan fingerprint density at radius 1 is 1.31 bits per heavy atom. The van der Waals surface area contributed by atoms with Crippen molar-refractivity contribution in [3.8, 4) is 0 Å². The third-order valence-electron chi connectivity index (χ3n) is 4.42. The van der Waals surface area contributed by atoms with E-state index in [9.17, 15) is 9.59 Å². The van der Waals surface area contributed by atoms with E-state index < -0.39 is 0 Å². The molecule has 1 aliphatic heterocycles. The van der Waals surface area contributed by atoms with Gasteiger partial charge in [-0.1, -0.05) is 30.3 Å². The van der Waals surface area contributed by atoms with Gasteiger partial charge >= 0.3 is 0 Å². The van der Waals surface area contributed by atoms with E-state index >= 15 is 0 Å². The molecule has 2 aromatic rings. The highest BCUT2D eigenvalue weighted by Gasteiger charge is 2.21. The topological polar surface area (TPSA) is 74.3 Å². The van der Waals surface area contributed by atoms with E-state index in [4.69, 9.17) is 0 Å². The zero-order valence-electron chi connectivity index (χ0n) is 14.9. The first-order valence-electron chi connectivity index (χ1n) is 8.88. The zero-order valence-corrected chi connectivity index (χ0v) is 15.7. The highest BCUT2D eigenvalue weighted by Crippen LogP contribution is 2.19. The fourth-order valence-corrected chi connectivity index (χ4v) is 3.95.